The van der Waals surface area contributed by atoms with Crippen molar-refractivity contribution < 1.29 is 48.9 Å². The Bertz CT molecular complexity index is 1220. The van der Waals surface area contributed by atoms with Gasteiger partial charge in [0.15, 0.2) is 16.9 Å². The van der Waals surface area contributed by atoms with E-state index in [9.17, 15) is 30.3 Å². The van der Waals surface area contributed by atoms with Gasteiger partial charge in [-0.3, -0.25) is 4.79 Å². The Labute approximate surface area is 192 Å². The second-order valence-electron chi connectivity index (χ2n) is 7.65. The minimum atomic E-state index is -1.73. The van der Waals surface area contributed by atoms with Gasteiger partial charge in [0.1, 0.15) is 46.9 Å². The molecule has 34 heavy (non-hydrogen) atoms. The molecule has 1 aliphatic rings. The molecule has 5 N–H and O–H groups in total. The van der Waals surface area contributed by atoms with E-state index in [1.165, 1.54) is 26.4 Å². The highest BCUT2D eigenvalue weighted by atomic mass is 16.7. The molecular weight excluding hydrogens is 452 g/mol. The Morgan fingerprint density at radius 1 is 0.971 bits per heavy atom. The topological polar surface area (TPSA) is 168 Å². The van der Waals surface area contributed by atoms with Crippen LogP contribution in [0.15, 0.2) is 45.6 Å². The van der Waals surface area contributed by atoms with Crippen molar-refractivity contribution in [3.8, 4) is 34.3 Å². The first kappa shape index (κ1) is 23.8. The molecule has 2 aromatic carbocycles. The van der Waals surface area contributed by atoms with Crippen LogP contribution < -0.4 is 19.6 Å². The Morgan fingerprint density at radius 3 is 2.29 bits per heavy atom. The van der Waals surface area contributed by atoms with Crippen LogP contribution in [0.4, 0.5) is 0 Å². The number of fused-ring (bicyclic) bond motifs is 1. The fourth-order valence-corrected chi connectivity index (χ4v) is 3.71. The second kappa shape index (κ2) is 9.49. The number of aliphatic hydroxyl groups is 4. The molecule has 2 unspecified atom stereocenters. The van der Waals surface area contributed by atoms with Crippen molar-refractivity contribution in [2.45, 2.75) is 30.7 Å². The van der Waals surface area contributed by atoms with E-state index in [1.54, 1.807) is 24.3 Å². The molecular formula is C23H24O11. The van der Waals surface area contributed by atoms with Crippen LogP contribution in [0.25, 0.3) is 22.3 Å². The lowest BCUT2D eigenvalue weighted by Crippen LogP contribution is -2.60. The Morgan fingerprint density at radius 2 is 1.68 bits per heavy atom. The highest BCUT2D eigenvalue weighted by Gasteiger charge is 2.45. The van der Waals surface area contributed by atoms with Crippen LogP contribution in [0, 0.1) is 0 Å². The molecule has 1 fully saturated rings. The number of hydrogen-bond acceptors (Lipinski definition) is 11. The average Bonchev–Trinajstić information content (AvgIpc) is 2.85. The van der Waals surface area contributed by atoms with Gasteiger partial charge in [-0.2, -0.15) is 0 Å². The van der Waals surface area contributed by atoms with Gasteiger partial charge in [-0.05, 0) is 24.3 Å². The van der Waals surface area contributed by atoms with Gasteiger partial charge in [-0.1, -0.05) is 0 Å². The zero-order valence-corrected chi connectivity index (χ0v) is 18.2. The van der Waals surface area contributed by atoms with E-state index < -0.39 is 48.5 Å². The first-order valence-corrected chi connectivity index (χ1v) is 10.3. The molecule has 3 aromatic rings. The minimum Gasteiger partial charge on any atom is -0.504 e. The molecule has 182 valence electrons. The lowest BCUT2D eigenvalue weighted by molar-refractivity contribution is -0.277. The van der Waals surface area contributed by atoms with Crippen LogP contribution in [0.2, 0.25) is 0 Å². The largest absolute Gasteiger partial charge is 0.504 e. The number of phenols is 1. The third-order valence-electron chi connectivity index (χ3n) is 5.59. The quantitative estimate of drug-likeness (QED) is 0.333. The van der Waals surface area contributed by atoms with Crippen LogP contribution in [0.1, 0.15) is 0 Å². The standard InChI is InChI=1S/C23H24O11/c1-30-11-5-3-10(4-6-11)13-7-12(25)17-14(32-13)8-15(31-2)22(19(17)27)34-23-21(29)20(28)18(26)16(9-24)33-23/h3-8,16,18,20-21,23-24,26-29H,9H2,1-2H3/t16?,18-,20+,21?,23+/m1/s1. The van der Waals surface area contributed by atoms with E-state index in [2.05, 4.69) is 0 Å². The summed E-state index contributed by atoms with van der Waals surface area (Å²) in [7, 11) is 2.82. The van der Waals surface area contributed by atoms with Crippen LogP contribution in [-0.4, -0.2) is 77.1 Å². The van der Waals surface area contributed by atoms with Gasteiger partial charge in [0.2, 0.25) is 12.0 Å². The molecule has 5 atom stereocenters. The number of phenolic OH excluding ortho intramolecular Hbond substituents is 1. The summed E-state index contributed by atoms with van der Waals surface area (Å²) in [5.41, 5.74) is 0.0274. The third-order valence-corrected chi connectivity index (χ3v) is 5.59. The maximum Gasteiger partial charge on any atom is 0.229 e. The number of hydrogen-bond donors (Lipinski definition) is 5. The number of benzene rings is 2. The summed E-state index contributed by atoms with van der Waals surface area (Å²) in [4.78, 5) is 12.9. The van der Waals surface area contributed by atoms with E-state index in [4.69, 9.17) is 23.4 Å². The monoisotopic (exact) mass is 476 g/mol. The van der Waals surface area contributed by atoms with E-state index in [-0.39, 0.29) is 28.2 Å². The fraction of sp³-hybridized carbons (Fsp3) is 0.348. The van der Waals surface area contributed by atoms with Crippen LogP contribution in [0.5, 0.6) is 23.0 Å². The van der Waals surface area contributed by atoms with Gasteiger partial charge in [0, 0.05) is 17.7 Å². The third kappa shape index (κ3) is 4.15. The predicted molar refractivity (Wildman–Crippen MR) is 117 cm³/mol. The molecule has 2 heterocycles. The van der Waals surface area contributed by atoms with Crippen LogP contribution in [0.3, 0.4) is 0 Å². The Hall–Kier alpha value is -3.35. The normalized spacial score (nSPS) is 24.7. The maximum atomic E-state index is 12.9. The summed E-state index contributed by atoms with van der Waals surface area (Å²) < 4.78 is 27.1. The fourth-order valence-electron chi connectivity index (χ4n) is 3.71. The van der Waals surface area contributed by atoms with Gasteiger partial charge in [-0.15, -0.1) is 0 Å². The number of aliphatic hydroxyl groups excluding tert-OH is 4. The molecule has 0 spiro atoms. The SMILES string of the molecule is COc1ccc(-c2cc(=O)c3c(O)c(O[C@@H]4OC(CO)[C@@H](O)[C@H](O)C4O)c(OC)cc3o2)cc1. The highest BCUT2D eigenvalue weighted by molar-refractivity contribution is 5.89. The predicted octanol–water partition coefficient (Wildman–Crippen LogP) is 0.361. The number of rotatable bonds is 6. The summed E-state index contributed by atoms with van der Waals surface area (Å²) in [5.74, 6) is -0.187. The van der Waals surface area contributed by atoms with Crippen molar-refractivity contribution in [2.75, 3.05) is 20.8 Å². The molecule has 0 saturated carbocycles. The van der Waals surface area contributed by atoms with Crippen molar-refractivity contribution in [3.63, 3.8) is 0 Å². The lowest BCUT2D eigenvalue weighted by atomic mass is 9.99. The molecule has 0 amide bonds. The maximum absolute atomic E-state index is 12.9. The van der Waals surface area contributed by atoms with Crippen molar-refractivity contribution >= 4 is 11.0 Å². The van der Waals surface area contributed by atoms with E-state index in [0.29, 0.717) is 11.3 Å². The number of aromatic hydroxyl groups is 1. The van der Waals surface area contributed by atoms with Gasteiger partial charge in [-0.25, -0.2) is 0 Å². The molecule has 4 rings (SSSR count). The summed E-state index contributed by atoms with van der Waals surface area (Å²) in [6, 6.07) is 9.34. The van der Waals surface area contributed by atoms with Crippen molar-refractivity contribution in [1.29, 1.82) is 0 Å². The van der Waals surface area contributed by atoms with Crippen LogP contribution in [-0.2, 0) is 4.74 Å². The van der Waals surface area contributed by atoms with Gasteiger partial charge in [0.25, 0.3) is 0 Å². The van der Waals surface area contributed by atoms with Gasteiger partial charge in [0.05, 0.1) is 20.8 Å². The lowest BCUT2D eigenvalue weighted by Gasteiger charge is -2.39. The zero-order chi connectivity index (χ0) is 24.6. The van der Waals surface area contributed by atoms with Crippen molar-refractivity contribution in [2.24, 2.45) is 0 Å². The number of methoxy groups -OCH3 is 2. The summed E-state index contributed by atoms with van der Waals surface area (Å²) >= 11 is 0. The summed E-state index contributed by atoms with van der Waals surface area (Å²) in [6.07, 6.45) is -7.84. The van der Waals surface area contributed by atoms with Crippen molar-refractivity contribution in [1.82, 2.24) is 0 Å². The van der Waals surface area contributed by atoms with E-state index >= 15 is 0 Å². The molecule has 1 aliphatic heterocycles. The van der Waals surface area contributed by atoms with E-state index in [1.807, 2.05) is 0 Å². The molecule has 0 bridgehead atoms. The Balaban J connectivity index is 1.76. The zero-order valence-electron chi connectivity index (χ0n) is 18.2. The van der Waals surface area contributed by atoms with E-state index in [0.717, 1.165) is 0 Å². The smallest absolute Gasteiger partial charge is 0.229 e. The number of ether oxygens (including phenoxy) is 4. The molecule has 0 aliphatic carbocycles. The first-order valence-electron chi connectivity index (χ1n) is 10.3. The minimum absolute atomic E-state index is 0.00817. The van der Waals surface area contributed by atoms with Crippen LogP contribution >= 0.6 is 0 Å². The summed E-state index contributed by atoms with van der Waals surface area (Å²) in [5, 5.41) is 50.2. The Kier molecular flexibility index (Phi) is 6.64. The van der Waals surface area contributed by atoms with Crippen molar-refractivity contribution in [3.05, 3.63) is 46.6 Å². The average molecular weight is 476 g/mol. The molecule has 1 aromatic heterocycles. The first-order chi connectivity index (χ1) is 16.3. The molecule has 11 heteroatoms. The molecule has 11 nitrogen and oxygen atoms in total. The van der Waals surface area contributed by atoms with Gasteiger partial charge < -0.3 is 48.9 Å². The molecule has 1 saturated heterocycles. The highest BCUT2D eigenvalue weighted by Crippen LogP contribution is 2.43. The second-order valence-corrected chi connectivity index (χ2v) is 7.65. The van der Waals surface area contributed by atoms with Gasteiger partial charge >= 0.3 is 0 Å². The summed E-state index contributed by atoms with van der Waals surface area (Å²) in [6.45, 7) is -0.663. The molecule has 0 radical (unpaired) electrons.